The van der Waals surface area contributed by atoms with Crippen molar-refractivity contribution in [1.29, 1.82) is 0 Å². The maximum atomic E-state index is 12.1. The predicted octanol–water partition coefficient (Wildman–Crippen LogP) is 3.71. The van der Waals surface area contributed by atoms with Crippen LogP contribution < -0.4 is 5.56 Å². The molecule has 0 saturated carbocycles. The Labute approximate surface area is 149 Å². The number of esters is 1. The Morgan fingerprint density at radius 3 is 2.68 bits per heavy atom. The number of aromatic amines is 1. The van der Waals surface area contributed by atoms with E-state index < -0.39 is 6.10 Å². The van der Waals surface area contributed by atoms with Gasteiger partial charge in [-0.05, 0) is 31.2 Å². The number of aromatic nitrogens is 2. The lowest BCUT2D eigenvalue weighted by Crippen LogP contribution is -2.17. The first-order valence-electron chi connectivity index (χ1n) is 8.00. The summed E-state index contributed by atoms with van der Waals surface area (Å²) in [6.45, 7) is 1.70. The summed E-state index contributed by atoms with van der Waals surface area (Å²) >= 11 is 1.60. The molecule has 2 aromatic carbocycles. The second kappa shape index (κ2) is 7.98. The molecule has 5 nitrogen and oxygen atoms in total. The number of fused-ring (bicyclic) bond motifs is 1. The van der Waals surface area contributed by atoms with Gasteiger partial charge in [-0.15, -0.1) is 11.8 Å². The molecule has 1 aromatic heterocycles. The van der Waals surface area contributed by atoms with Crippen molar-refractivity contribution in [1.82, 2.24) is 9.97 Å². The van der Waals surface area contributed by atoms with Crippen LogP contribution in [0.3, 0.4) is 0 Å². The molecule has 0 aliphatic rings. The van der Waals surface area contributed by atoms with Crippen LogP contribution in [0.1, 0.15) is 25.3 Å². The number of H-pyrrole nitrogens is 1. The van der Waals surface area contributed by atoms with E-state index in [1.54, 1.807) is 36.9 Å². The van der Waals surface area contributed by atoms with Gasteiger partial charge in [-0.2, -0.15) is 0 Å². The molecule has 1 N–H and O–H groups in total. The van der Waals surface area contributed by atoms with Gasteiger partial charge < -0.3 is 9.72 Å². The minimum absolute atomic E-state index is 0.233. The van der Waals surface area contributed by atoms with Gasteiger partial charge in [-0.1, -0.05) is 30.3 Å². The maximum Gasteiger partial charge on any atom is 0.307 e. The molecule has 0 fully saturated rings. The van der Waals surface area contributed by atoms with E-state index >= 15 is 0 Å². The SMILES string of the molecule is C[C@H](OC(=O)CCSc1ccccc1)c1nc2ccccc2c(=O)[nH]1. The van der Waals surface area contributed by atoms with Crippen LogP contribution in [0.15, 0.2) is 64.3 Å². The number of ether oxygens (including phenoxy) is 1. The minimum atomic E-state index is -0.605. The Morgan fingerprint density at radius 2 is 1.88 bits per heavy atom. The van der Waals surface area contributed by atoms with E-state index in [9.17, 15) is 9.59 Å². The highest BCUT2D eigenvalue weighted by Gasteiger charge is 2.15. The van der Waals surface area contributed by atoms with Gasteiger partial charge in [0, 0.05) is 10.6 Å². The van der Waals surface area contributed by atoms with E-state index in [2.05, 4.69) is 9.97 Å². The summed E-state index contributed by atoms with van der Waals surface area (Å²) in [5, 5.41) is 0.518. The standard InChI is InChI=1S/C19H18N2O3S/c1-13(18-20-16-10-6-5-9-15(16)19(23)21-18)24-17(22)11-12-25-14-7-3-2-4-8-14/h2-10,13H,11-12H2,1H3,(H,20,21,23)/t13-/m0/s1. The third-order valence-electron chi connectivity index (χ3n) is 3.64. The largest absolute Gasteiger partial charge is 0.454 e. The van der Waals surface area contributed by atoms with Gasteiger partial charge in [-0.25, -0.2) is 4.98 Å². The van der Waals surface area contributed by atoms with Crippen molar-refractivity contribution in [3.05, 3.63) is 70.8 Å². The first kappa shape index (κ1) is 17.2. The van der Waals surface area contributed by atoms with Crippen molar-refractivity contribution in [2.45, 2.75) is 24.3 Å². The minimum Gasteiger partial charge on any atom is -0.454 e. The number of carbonyl (C=O) groups excluding carboxylic acids is 1. The summed E-state index contributed by atoms with van der Waals surface area (Å²) < 4.78 is 5.39. The number of carbonyl (C=O) groups is 1. The van der Waals surface area contributed by atoms with Gasteiger partial charge >= 0.3 is 5.97 Å². The van der Waals surface area contributed by atoms with Crippen LogP contribution in [-0.4, -0.2) is 21.7 Å². The third kappa shape index (κ3) is 4.48. The lowest BCUT2D eigenvalue weighted by molar-refractivity contribution is -0.148. The number of thioether (sulfide) groups is 1. The number of nitrogens with zero attached hydrogens (tertiary/aromatic N) is 1. The Bertz CT molecular complexity index is 925. The summed E-state index contributed by atoms with van der Waals surface area (Å²) in [5.41, 5.74) is 0.354. The van der Waals surface area contributed by atoms with Gasteiger partial charge in [0.15, 0.2) is 11.9 Å². The third-order valence-corrected chi connectivity index (χ3v) is 4.66. The van der Waals surface area contributed by atoms with Gasteiger partial charge in [0.05, 0.1) is 17.3 Å². The Hall–Kier alpha value is -2.60. The summed E-state index contributed by atoms with van der Waals surface area (Å²) in [6, 6.07) is 17.0. The number of benzene rings is 2. The molecule has 0 spiro atoms. The van der Waals surface area contributed by atoms with E-state index in [4.69, 9.17) is 4.74 Å². The molecule has 25 heavy (non-hydrogen) atoms. The van der Waals surface area contributed by atoms with Crippen molar-refractivity contribution >= 4 is 28.6 Å². The van der Waals surface area contributed by atoms with Crippen LogP contribution in [0, 0.1) is 0 Å². The zero-order chi connectivity index (χ0) is 17.6. The first-order valence-corrected chi connectivity index (χ1v) is 8.98. The van der Waals surface area contributed by atoms with Crippen LogP contribution in [-0.2, 0) is 9.53 Å². The second-order valence-corrected chi connectivity index (χ2v) is 6.68. The van der Waals surface area contributed by atoms with E-state index in [1.165, 1.54) is 0 Å². The van der Waals surface area contributed by atoms with Crippen LogP contribution in [0.4, 0.5) is 0 Å². The van der Waals surface area contributed by atoms with Gasteiger partial charge in [0.1, 0.15) is 0 Å². The van der Waals surface area contributed by atoms with E-state index in [0.717, 1.165) is 4.90 Å². The maximum absolute atomic E-state index is 12.1. The zero-order valence-corrected chi connectivity index (χ0v) is 14.6. The highest BCUT2D eigenvalue weighted by molar-refractivity contribution is 7.99. The van der Waals surface area contributed by atoms with Crippen molar-refractivity contribution in [2.24, 2.45) is 0 Å². The van der Waals surface area contributed by atoms with Crippen molar-refractivity contribution < 1.29 is 9.53 Å². The molecular formula is C19H18N2O3S. The average Bonchev–Trinajstić information content (AvgIpc) is 2.62. The van der Waals surface area contributed by atoms with Crippen LogP contribution in [0.5, 0.6) is 0 Å². The molecule has 0 aliphatic heterocycles. The zero-order valence-electron chi connectivity index (χ0n) is 13.8. The first-order chi connectivity index (χ1) is 12.1. The molecule has 128 valence electrons. The van der Waals surface area contributed by atoms with Crippen LogP contribution >= 0.6 is 11.8 Å². The summed E-state index contributed by atoms with van der Waals surface area (Å²) in [4.78, 5) is 32.3. The number of hydrogen-bond acceptors (Lipinski definition) is 5. The topological polar surface area (TPSA) is 72.0 Å². The van der Waals surface area contributed by atoms with Gasteiger partial charge in [0.25, 0.3) is 5.56 Å². The highest BCUT2D eigenvalue weighted by Crippen LogP contribution is 2.19. The number of hydrogen-bond donors (Lipinski definition) is 1. The molecule has 0 unspecified atom stereocenters. The monoisotopic (exact) mass is 354 g/mol. The molecule has 1 atom stereocenters. The van der Waals surface area contributed by atoms with Gasteiger partial charge in [0.2, 0.25) is 0 Å². The molecule has 0 radical (unpaired) electrons. The van der Waals surface area contributed by atoms with Crippen LogP contribution in [0.25, 0.3) is 10.9 Å². The molecule has 6 heteroatoms. The van der Waals surface area contributed by atoms with E-state index in [0.29, 0.717) is 28.9 Å². The molecule has 0 aliphatic carbocycles. The summed E-state index contributed by atoms with van der Waals surface area (Å²) in [7, 11) is 0. The number of nitrogens with one attached hydrogen (secondary N) is 1. The fourth-order valence-corrected chi connectivity index (χ4v) is 3.23. The van der Waals surface area contributed by atoms with Crippen molar-refractivity contribution in [3.8, 4) is 0 Å². The molecule has 0 saturated heterocycles. The van der Waals surface area contributed by atoms with Crippen molar-refractivity contribution in [2.75, 3.05) is 5.75 Å². The van der Waals surface area contributed by atoms with Crippen LogP contribution in [0.2, 0.25) is 0 Å². The second-order valence-electron chi connectivity index (χ2n) is 5.51. The Balaban J connectivity index is 1.59. The predicted molar refractivity (Wildman–Crippen MR) is 98.7 cm³/mol. The smallest absolute Gasteiger partial charge is 0.307 e. The lowest BCUT2D eigenvalue weighted by Gasteiger charge is -2.13. The fourth-order valence-electron chi connectivity index (χ4n) is 2.38. The van der Waals surface area contributed by atoms with Gasteiger partial charge in [-0.3, -0.25) is 9.59 Å². The summed E-state index contributed by atoms with van der Waals surface area (Å²) in [5.74, 6) is 0.677. The molecular weight excluding hydrogens is 336 g/mol. The molecule has 0 bridgehead atoms. The highest BCUT2D eigenvalue weighted by atomic mass is 32.2. The Morgan fingerprint density at radius 1 is 1.16 bits per heavy atom. The van der Waals surface area contributed by atoms with E-state index in [1.807, 2.05) is 36.4 Å². The normalized spacial score (nSPS) is 12.0. The fraction of sp³-hybridized carbons (Fsp3) is 0.211. The lowest BCUT2D eigenvalue weighted by atomic mass is 10.2. The van der Waals surface area contributed by atoms with Crippen molar-refractivity contribution in [3.63, 3.8) is 0 Å². The molecule has 1 heterocycles. The molecule has 0 amide bonds. The number of para-hydroxylation sites is 1. The average molecular weight is 354 g/mol. The Kier molecular flexibility index (Phi) is 5.50. The molecule has 3 rings (SSSR count). The quantitative estimate of drug-likeness (QED) is 0.540. The number of rotatable bonds is 6. The van der Waals surface area contributed by atoms with E-state index in [-0.39, 0.29) is 11.5 Å². The summed E-state index contributed by atoms with van der Waals surface area (Å²) in [6.07, 6.45) is -0.312. The molecule has 3 aromatic rings.